The van der Waals surface area contributed by atoms with Crippen LogP contribution < -0.4 is 5.32 Å². The smallest absolute Gasteiger partial charge is 0.272 e. The third-order valence-corrected chi connectivity index (χ3v) is 2.72. The Balaban J connectivity index is 2.40. The predicted molar refractivity (Wildman–Crippen MR) is 59.7 cm³/mol. The molecule has 1 atom stereocenters. The SMILES string of the molecule is CC1(C)[N]C(=O)C(c2ccc(O)cc2)N1N=O. The van der Waals surface area contributed by atoms with Crippen molar-refractivity contribution in [1.29, 1.82) is 0 Å². The number of hydrogen-bond donors (Lipinski definition) is 1. The molecule has 1 aromatic rings. The lowest BCUT2D eigenvalue weighted by Crippen LogP contribution is -2.39. The lowest BCUT2D eigenvalue weighted by molar-refractivity contribution is -0.122. The maximum Gasteiger partial charge on any atom is 0.272 e. The van der Waals surface area contributed by atoms with Crippen molar-refractivity contribution in [3.63, 3.8) is 0 Å². The normalized spacial score (nSPS) is 22.4. The number of amides is 1. The molecular formula is C11H12N3O3. The van der Waals surface area contributed by atoms with Gasteiger partial charge >= 0.3 is 0 Å². The highest BCUT2D eigenvalue weighted by atomic mass is 16.3. The predicted octanol–water partition coefficient (Wildman–Crippen LogP) is 1.30. The third-order valence-electron chi connectivity index (χ3n) is 2.72. The molecule has 89 valence electrons. The summed E-state index contributed by atoms with van der Waals surface area (Å²) in [6.45, 7) is 3.29. The first kappa shape index (κ1) is 11.4. The molecule has 0 saturated carbocycles. The molecule has 0 aromatic heterocycles. The van der Waals surface area contributed by atoms with Gasteiger partial charge in [0.05, 0.1) is 5.29 Å². The van der Waals surface area contributed by atoms with Crippen LogP contribution in [0, 0.1) is 4.91 Å². The van der Waals surface area contributed by atoms with Gasteiger partial charge in [0.25, 0.3) is 5.91 Å². The Labute approximate surface area is 98.2 Å². The summed E-state index contributed by atoms with van der Waals surface area (Å²) in [6.07, 6.45) is 0. The standard InChI is InChI=1S/C11H12N3O3/c1-11(2)12-10(16)9(14(11)13-17)7-3-5-8(15)6-4-7/h3-6,9,15H,1-2H3. The maximum atomic E-state index is 11.8. The molecule has 1 radical (unpaired) electrons. The number of nitrogens with zero attached hydrogens (tertiary/aromatic N) is 3. The number of rotatable bonds is 2. The first-order valence-electron chi connectivity index (χ1n) is 5.14. The van der Waals surface area contributed by atoms with Gasteiger partial charge in [-0.05, 0) is 31.5 Å². The van der Waals surface area contributed by atoms with Crippen LogP contribution in [0.15, 0.2) is 29.6 Å². The van der Waals surface area contributed by atoms with Crippen molar-refractivity contribution in [2.24, 2.45) is 5.29 Å². The number of benzene rings is 1. The zero-order chi connectivity index (χ0) is 12.6. The minimum Gasteiger partial charge on any atom is -0.508 e. The highest BCUT2D eigenvalue weighted by molar-refractivity contribution is 5.85. The molecule has 1 unspecified atom stereocenters. The molecule has 1 fully saturated rings. The lowest BCUT2D eigenvalue weighted by Gasteiger charge is -2.26. The first-order chi connectivity index (χ1) is 7.95. The Morgan fingerprint density at radius 3 is 2.47 bits per heavy atom. The second-order valence-electron chi connectivity index (χ2n) is 4.36. The number of nitroso groups, excluding NO2 is 1. The van der Waals surface area contributed by atoms with Gasteiger partial charge in [0.15, 0.2) is 6.04 Å². The molecule has 0 spiro atoms. The van der Waals surface area contributed by atoms with Crippen LogP contribution in [0.5, 0.6) is 5.75 Å². The molecule has 1 saturated heterocycles. The largest absolute Gasteiger partial charge is 0.508 e. The molecule has 2 rings (SSSR count). The van der Waals surface area contributed by atoms with Gasteiger partial charge in [0.2, 0.25) is 0 Å². The van der Waals surface area contributed by atoms with E-state index in [9.17, 15) is 14.8 Å². The van der Waals surface area contributed by atoms with E-state index in [4.69, 9.17) is 0 Å². The van der Waals surface area contributed by atoms with E-state index >= 15 is 0 Å². The Morgan fingerprint density at radius 1 is 1.35 bits per heavy atom. The molecule has 1 N–H and O–H groups in total. The van der Waals surface area contributed by atoms with E-state index in [2.05, 4.69) is 10.6 Å². The van der Waals surface area contributed by atoms with Crippen molar-refractivity contribution in [3.8, 4) is 5.75 Å². The van der Waals surface area contributed by atoms with E-state index < -0.39 is 17.6 Å². The minimum absolute atomic E-state index is 0.0982. The fraction of sp³-hybridized carbons (Fsp3) is 0.364. The van der Waals surface area contributed by atoms with E-state index in [1.807, 2.05) is 0 Å². The summed E-state index contributed by atoms with van der Waals surface area (Å²) in [5.41, 5.74) is -0.344. The zero-order valence-corrected chi connectivity index (χ0v) is 9.49. The van der Waals surface area contributed by atoms with Crippen LogP contribution in [0.1, 0.15) is 25.5 Å². The Hall–Kier alpha value is -2.11. The highest BCUT2D eigenvalue weighted by Gasteiger charge is 2.48. The molecule has 6 nitrogen and oxygen atoms in total. The molecule has 1 aliphatic rings. The van der Waals surface area contributed by atoms with Crippen molar-refractivity contribution >= 4 is 5.91 Å². The van der Waals surface area contributed by atoms with Gasteiger partial charge in [-0.3, -0.25) is 4.79 Å². The Kier molecular flexibility index (Phi) is 2.49. The quantitative estimate of drug-likeness (QED) is 0.781. The molecule has 0 bridgehead atoms. The summed E-state index contributed by atoms with van der Waals surface area (Å²) in [4.78, 5) is 22.6. The summed E-state index contributed by atoms with van der Waals surface area (Å²) in [5, 5.41) is 17.1. The van der Waals surface area contributed by atoms with Gasteiger partial charge in [-0.1, -0.05) is 12.1 Å². The number of hydrogen-bond acceptors (Lipinski definition) is 4. The van der Waals surface area contributed by atoms with E-state index in [0.717, 1.165) is 5.01 Å². The number of carbonyl (C=O) groups is 1. The van der Waals surface area contributed by atoms with E-state index in [-0.39, 0.29) is 5.75 Å². The minimum atomic E-state index is -0.929. The van der Waals surface area contributed by atoms with Crippen LogP contribution in [-0.2, 0) is 4.79 Å². The van der Waals surface area contributed by atoms with E-state index in [0.29, 0.717) is 5.56 Å². The van der Waals surface area contributed by atoms with Crippen molar-refractivity contribution in [2.45, 2.75) is 25.6 Å². The summed E-state index contributed by atoms with van der Waals surface area (Å²) in [6, 6.07) is 5.26. The second-order valence-corrected chi connectivity index (χ2v) is 4.36. The maximum absolute atomic E-state index is 11.8. The molecule has 0 aliphatic carbocycles. The zero-order valence-electron chi connectivity index (χ0n) is 9.49. The topological polar surface area (TPSA) is 84.1 Å². The second kappa shape index (κ2) is 3.73. The molecule has 1 aromatic carbocycles. The van der Waals surface area contributed by atoms with E-state index in [1.165, 1.54) is 12.1 Å². The van der Waals surface area contributed by atoms with Gasteiger partial charge in [-0.2, -0.15) is 0 Å². The van der Waals surface area contributed by atoms with Crippen molar-refractivity contribution < 1.29 is 9.90 Å². The molecule has 1 amide bonds. The summed E-state index contributed by atoms with van der Waals surface area (Å²) in [7, 11) is 0. The summed E-state index contributed by atoms with van der Waals surface area (Å²) < 4.78 is 0. The number of phenolic OH excluding ortho intramolecular Hbond substituents is 1. The molecule has 17 heavy (non-hydrogen) atoms. The van der Waals surface area contributed by atoms with Crippen LogP contribution in [0.2, 0.25) is 0 Å². The average molecular weight is 234 g/mol. The van der Waals surface area contributed by atoms with Crippen molar-refractivity contribution in [1.82, 2.24) is 10.3 Å². The number of phenols is 1. The number of carbonyl (C=O) groups excluding carboxylic acids is 1. The van der Waals surface area contributed by atoms with Gasteiger partial charge in [0.1, 0.15) is 11.4 Å². The first-order valence-corrected chi connectivity index (χ1v) is 5.14. The molecular weight excluding hydrogens is 222 g/mol. The third kappa shape index (κ3) is 1.82. The Bertz CT molecular complexity index is 456. The van der Waals surface area contributed by atoms with Crippen LogP contribution in [-0.4, -0.2) is 21.7 Å². The molecule has 6 heteroatoms. The monoisotopic (exact) mass is 234 g/mol. The van der Waals surface area contributed by atoms with E-state index in [1.54, 1.807) is 26.0 Å². The average Bonchev–Trinajstić information content (AvgIpc) is 2.48. The summed E-state index contributed by atoms with van der Waals surface area (Å²) in [5.74, 6) is -0.304. The molecule has 1 heterocycles. The fourth-order valence-corrected chi connectivity index (χ4v) is 1.89. The highest BCUT2D eigenvalue weighted by Crippen LogP contribution is 2.35. The van der Waals surface area contributed by atoms with Gasteiger partial charge in [-0.15, -0.1) is 4.91 Å². The summed E-state index contributed by atoms with van der Waals surface area (Å²) >= 11 is 0. The van der Waals surface area contributed by atoms with Crippen LogP contribution in [0.4, 0.5) is 0 Å². The van der Waals surface area contributed by atoms with Crippen LogP contribution in [0.25, 0.3) is 0 Å². The molecule has 1 aliphatic heterocycles. The van der Waals surface area contributed by atoms with Crippen molar-refractivity contribution in [2.75, 3.05) is 0 Å². The lowest BCUT2D eigenvalue weighted by atomic mass is 10.1. The van der Waals surface area contributed by atoms with Gasteiger partial charge in [0, 0.05) is 0 Å². The van der Waals surface area contributed by atoms with Gasteiger partial charge < -0.3 is 5.11 Å². The Morgan fingerprint density at radius 2 is 1.94 bits per heavy atom. The fourth-order valence-electron chi connectivity index (χ4n) is 1.89. The van der Waals surface area contributed by atoms with Crippen LogP contribution >= 0.6 is 0 Å². The van der Waals surface area contributed by atoms with Crippen molar-refractivity contribution in [3.05, 3.63) is 34.7 Å². The van der Waals surface area contributed by atoms with Gasteiger partial charge in [-0.25, -0.2) is 10.3 Å². The van der Waals surface area contributed by atoms with Crippen LogP contribution in [0.3, 0.4) is 0 Å². The number of aromatic hydroxyl groups is 1.